The molecule has 0 spiro atoms. The van der Waals surface area contributed by atoms with Gasteiger partial charge in [0.1, 0.15) is 24.7 Å². The Morgan fingerprint density at radius 3 is 0.926 bits per heavy atom. The molecule has 0 radical (unpaired) electrons. The van der Waals surface area contributed by atoms with Gasteiger partial charge >= 0.3 is 0 Å². The van der Waals surface area contributed by atoms with E-state index in [1.807, 2.05) is 12.1 Å². The van der Waals surface area contributed by atoms with Gasteiger partial charge in [-0.1, -0.05) is 121 Å². The number of rotatable bonds is 10. The molecule has 0 heterocycles. The van der Waals surface area contributed by atoms with Crippen molar-refractivity contribution in [2.75, 3.05) is 26.4 Å². The second kappa shape index (κ2) is 14.5. The molecule has 0 bridgehead atoms. The molecule has 4 heteroatoms. The molecule has 0 saturated carbocycles. The van der Waals surface area contributed by atoms with E-state index in [1.54, 1.807) is 0 Å². The monoisotopic (exact) mass is 702 g/mol. The molecule has 0 unspecified atom stereocenters. The van der Waals surface area contributed by atoms with E-state index in [-0.39, 0.29) is 26.4 Å². The van der Waals surface area contributed by atoms with E-state index in [4.69, 9.17) is 9.47 Å². The second-order valence-electron chi connectivity index (χ2n) is 13.7. The van der Waals surface area contributed by atoms with Gasteiger partial charge in [0.25, 0.3) is 0 Å². The summed E-state index contributed by atoms with van der Waals surface area (Å²) in [4.78, 5) is 0. The fourth-order valence-electron chi connectivity index (χ4n) is 7.48. The lowest BCUT2D eigenvalue weighted by Crippen LogP contribution is -2.06. The van der Waals surface area contributed by atoms with Gasteiger partial charge in [0.05, 0.1) is 13.2 Å². The van der Waals surface area contributed by atoms with Crippen LogP contribution in [-0.4, -0.2) is 36.6 Å². The fourth-order valence-corrected chi connectivity index (χ4v) is 7.48. The van der Waals surface area contributed by atoms with Gasteiger partial charge in [0.2, 0.25) is 0 Å². The molecular formula is C50H38O4. The van der Waals surface area contributed by atoms with Gasteiger partial charge in [-0.25, -0.2) is 0 Å². The van der Waals surface area contributed by atoms with Crippen molar-refractivity contribution in [3.05, 3.63) is 170 Å². The zero-order chi connectivity index (χ0) is 36.4. The smallest absolute Gasteiger partial charge is 0.128 e. The second-order valence-corrected chi connectivity index (χ2v) is 13.7. The van der Waals surface area contributed by atoms with E-state index >= 15 is 0 Å². The third-order valence-electron chi connectivity index (χ3n) is 10.2. The van der Waals surface area contributed by atoms with Gasteiger partial charge in [0.15, 0.2) is 0 Å². The largest absolute Gasteiger partial charge is 0.491 e. The lowest BCUT2D eigenvalue weighted by molar-refractivity contribution is 0.199. The van der Waals surface area contributed by atoms with Crippen LogP contribution in [0.1, 0.15) is 0 Å². The summed E-state index contributed by atoms with van der Waals surface area (Å²) in [7, 11) is 0. The molecule has 4 nitrogen and oxygen atoms in total. The zero-order valence-corrected chi connectivity index (χ0v) is 29.7. The van der Waals surface area contributed by atoms with Gasteiger partial charge in [-0.3, -0.25) is 0 Å². The van der Waals surface area contributed by atoms with Crippen molar-refractivity contribution in [3.8, 4) is 56.0 Å². The number of hydrogen-bond donors (Lipinski definition) is 2. The molecule has 0 aliphatic heterocycles. The minimum absolute atomic E-state index is 0.109. The molecule has 54 heavy (non-hydrogen) atoms. The van der Waals surface area contributed by atoms with E-state index < -0.39 is 0 Å². The quantitative estimate of drug-likeness (QED) is 0.149. The number of hydrogen-bond acceptors (Lipinski definition) is 4. The van der Waals surface area contributed by atoms with Crippen LogP contribution in [0.4, 0.5) is 0 Å². The van der Waals surface area contributed by atoms with Crippen LogP contribution < -0.4 is 9.47 Å². The van der Waals surface area contributed by atoms with Crippen LogP contribution in [0.25, 0.3) is 87.6 Å². The Labute approximate surface area is 314 Å². The van der Waals surface area contributed by atoms with Crippen LogP contribution in [0.2, 0.25) is 0 Å². The van der Waals surface area contributed by atoms with Crippen molar-refractivity contribution in [1.29, 1.82) is 0 Å². The predicted octanol–water partition coefficient (Wildman–Crippen LogP) is 11.7. The highest BCUT2D eigenvalue weighted by Gasteiger charge is 2.17. The van der Waals surface area contributed by atoms with E-state index in [2.05, 4.69) is 158 Å². The molecule has 9 aromatic rings. The minimum Gasteiger partial charge on any atom is -0.491 e. The summed E-state index contributed by atoms with van der Waals surface area (Å²) in [5.74, 6) is 1.29. The molecule has 0 fully saturated rings. The molecule has 0 aromatic heterocycles. The fraction of sp³-hybridized carbons (Fsp3) is 0.0800. The van der Waals surface area contributed by atoms with Crippen molar-refractivity contribution in [3.63, 3.8) is 0 Å². The summed E-state index contributed by atoms with van der Waals surface area (Å²) in [6, 6.07) is 60.0. The van der Waals surface area contributed by atoms with Gasteiger partial charge < -0.3 is 19.7 Å². The Kier molecular flexibility index (Phi) is 8.97. The summed E-state index contributed by atoms with van der Waals surface area (Å²) in [6.07, 6.45) is 0. The number of aliphatic hydroxyl groups excluding tert-OH is 2. The molecule has 0 aliphatic rings. The average Bonchev–Trinajstić information content (AvgIpc) is 3.23. The van der Waals surface area contributed by atoms with E-state index in [0.717, 1.165) is 54.9 Å². The van der Waals surface area contributed by atoms with Gasteiger partial charge in [0, 0.05) is 11.1 Å². The maximum absolute atomic E-state index is 9.76. The molecule has 0 atom stereocenters. The van der Waals surface area contributed by atoms with Gasteiger partial charge in [-0.15, -0.1) is 0 Å². The molecular weight excluding hydrogens is 665 g/mol. The molecule has 0 saturated heterocycles. The lowest BCUT2D eigenvalue weighted by Gasteiger charge is -2.18. The number of fused-ring (bicyclic) bond motifs is 4. The van der Waals surface area contributed by atoms with Crippen LogP contribution in [0.3, 0.4) is 0 Å². The minimum atomic E-state index is -0.109. The first kappa shape index (κ1) is 33.4. The van der Waals surface area contributed by atoms with E-state index in [9.17, 15) is 10.2 Å². The number of aliphatic hydroxyl groups is 2. The van der Waals surface area contributed by atoms with Gasteiger partial charge in [-0.2, -0.15) is 0 Å². The normalized spacial score (nSPS) is 11.4. The molecule has 9 rings (SSSR count). The Bertz CT molecular complexity index is 2630. The van der Waals surface area contributed by atoms with Gasteiger partial charge in [-0.05, 0) is 125 Å². The third kappa shape index (κ3) is 6.54. The SMILES string of the molecule is OCCOc1cc(-c2ccc3cc(-c4ccc5ccccc5c4)ccc3c2)c(OCCO)cc1-c1ccc2cc(-c3ccc4ccccc4c3)ccc2c1. The summed E-state index contributed by atoms with van der Waals surface area (Å²) in [5, 5.41) is 28.9. The Hall–Kier alpha value is -6.46. The molecule has 2 N–H and O–H groups in total. The summed E-state index contributed by atoms with van der Waals surface area (Å²) in [5.41, 5.74) is 8.32. The molecule has 9 aromatic carbocycles. The van der Waals surface area contributed by atoms with Crippen LogP contribution in [0.15, 0.2) is 170 Å². The standard InChI is InChI=1S/C50H38O4/c51-21-23-53-49-32-48(46-20-18-42-28-40(14-16-44(42)30-46)38-12-10-34-6-2-4-8-36(34)26-38)50(54-24-22-52)31-47(49)45-19-17-41-27-39(13-15-43(41)29-45)37-11-9-33-5-1-3-7-35(33)25-37/h1-20,25-32,51-52H,21-24H2. The van der Waals surface area contributed by atoms with Crippen LogP contribution >= 0.6 is 0 Å². The van der Waals surface area contributed by atoms with Crippen molar-refractivity contribution in [1.82, 2.24) is 0 Å². The first-order valence-electron chi connectivity index (χ1n) is 18.4. The highest BCUT2D eigenvalue weighted by atomic mass is 16.5. The Morgan fingerprint density at radius 1 is 0.296 bits per heavy atom. The molecule has 0 aliphatic carbocycles. The maximum atomic E-state index is 9.76. The summed E-state index contributed by atoms with van der Waals surface area (Å²) >= 11 is 0. The number of ether oxygens (including phenoxy) is 2. The van der Waals surface area contributed by atoms with Crippen LogP contribution in [0, 0.1) is 0 Å². The van der Waals surface area contributed by atoms with E-state index in [0.29, 0.717) is 11.5 Å². The summed E-state index contributed by atoms with van der Waals surface area (Å²) in [6.45, 7) is 0.0904. The highest BCUT2D eigenvalue weighted by molar-refractivity contribution is 5.96. The van der Waals surface area contributed by atoms with E-state index in [1.165, 1.54) is 32.7 Å². The van der Waals surface area contributed by atoms with Crippen molar-refractivity contribution >= 4 is 43.1 Å². The molecule has 0 amide bonds. The Balaban J connectivity index is 1.08. The lowest BCUT2D eigenvalue weighted by atomic mass is 9.93. The third-order valence-corrected chi connectivity index (χ3v) is 10.2. The summed E-state index contributed by atoms with van der Waals surface area (Å²) < 4.78 is 12.4. The topological polar surface area (TPSA) is 58.9 Å². The van der Waals surface area contributed by atoms with Crippen molar-refractivity contribution in [2.45, 2.75) is 0 Å². The number of benzene rings is 9. The maximum Gasteiger partial charge on any atom is 0.128 e. The Morgan fingerprint density at radius 2 is 0.574 bits per heavy atom. The average molecular weight is 703 g/mol. The van der Waals surface area contributed by atoms with Crippen LogP contribution in [0.5, 0.6) is 11.5 Å². The van der Waals surface area contributed by atoms with Crippen molar-refractivity contribution in [2.24, 2.45) is 0 Å². The molecule has 262 valence electrons. The van der Waals surface area contributed by atoms with Crippen molar-refractivity contribution < 1.29 is 19.7 Å². The first-order chi connectivity index (χ1) is 26.6. The van der Waals surface area contributed by atoms with Crippen LogP contribution in [-0.2, 0) is 0 Å². The zero-order valence-electron chi connectivity index (χ0n) is 29.7. The first-order valence-corrected chi connectivity index (χ1v) is 18.4. The predicted molar refractivity (Wildman–Crippen MR) is 223 cm³/mol. The highest BCUT2D eigenvalue weighted by Crippen LogP contribution is 2.43.